The fourth-order valence-corrected chi connectivity index (χ4v) is 2.84. The third kappa shape index (κ3) is 2.16. The zero-order chi connectivity index (χ0) is 14.9. The number of aromatic nitrogens is 2. The summed E-state index contributed by atoms with van der Waals surface area (Å²) in [5.41, 5.74) is 4.34. The van der Waals surface area contributed by atoms with E-state index in [1.165, 1.54) is 0 Å². The van der Waals surface area contributed by atoms with Crippen molar-refractivity contribution in [3.63, 3.8) is 0 Å². The second-order valence-corrected chi connectivity index (χ2v) is 5.75. The minimum absolute atomic E-state index is 0.957. The Kier molecular flexibility index (Phi) is 3.13. The molecule has 2 nitrogen and oxygen atoms in total. The summed E-state index contributed by atoms with van der Waals surface area (Å²) in [7, 11) is 3.54. The first-order chi connectivity index (χ1) is 10.8. The van der Waals surface area contributed by atoms with Crippen molar-refractivity contribution in [3.8, 4) is 17.1 Å². The molecule has 0 aliphatic rings. The monoisotopic (exact) mass is 297 g/mol. The maximum Gasteiger partial charge on any atom is 0.145 e. The summed E-state index contributed by atoms with van der Waals surface area (Å²) < 4.78 is 2.21. The van der Waals surface area contributed by atoms with Gasteiger partial charge in [-0.3, -0.25) is 4.57 Å². The van der Waals surface area contributed by atoms with Crippen LogP contribution in [-0.2, 0) is 0 Å². The molecule has 0 aliphatic carbocycles. The van der Waals surface area contributed by atoms with Crippen LogP contribution >= 0.6 is 0 Å². The molecule has 4 rings (SSSR count). The molecule has 1 heterocycles. The fourth-order valence-electron chi connectivity index (χ4n) is 2.68. The van der Waals surface area contributed by atoms with Gasteiger partial charge in [-0.15, -0.1) is 0 Å². The van der Waals surface area contributed by atoms with Crippen molar-refractivity contribution in [1.29, 1.82) is 0 Å². The summed E-state index contributed by atoms with van der Waals surface area (Å²) >= 11 is 0. The molecule has 0 atom stereocenters. The number of imidazole rings is 1. The highest BCUT2D eigenvalue weighted by molar-refractivity contribution is 6.32. The van der Waals surface area contributed by atoms with Crippen molar-refractivity contribution in [3.05, 3.63) is 78.9 Å². The first-order valence-corrected chi connectivity index (χ1v) is 7.68. The van der Waals surface area contributed by atoms with Crippen LogP contribution in [0.25, 0.3) is 28.1 Å². The van der Waals surface area contributed by atoms with Crippen LogP contribution < -0.4 is 5.19 Å². The van der Waals surface area contributed by atoms with Gasteiger partial charge in [0.05, 0.1) is 21.3 Å². The van der Waals surface area contributed by atoms with Crippen LogP contribution in [0.5, 0.6) is 0 Å². The van der Waals surface area contributed by atoms with Gasteiger partial charge in [-0.1, -0.05) is 59.8 Å². The first-order valence-electron chi connectivity index (χ1n) is 7.18. The van der Waals surface area contributed by atoms with Crippen molar-refractivity contribution >= 4 is 26.5 Å². The van der Waals surface area contributed by atoms with E-state index in [2.05, 4.69) is 69.4 Å². The van der Waals surface area contributed by atoms with E-state index >= 15 is 0 Å². The van der Waals surface area contributed by atoms with Crippen molar-refractivity contribution in [2.45, 2.75) is 0 Å². The lowest BCUT2D eigenvalue weighted by molar-refractivity contribution is 1.10. The third-order valence-corrected chi connectivity index (χ3v) is 4.05. The van der Waals surface area contributed by atoms with E-state index in [0.717, 1.165) is 33.3 Å². The zero-order valence-electron chi connectivity index (χ0n) is 11.9. The molecule has 0 saturated carbocycles. The van der Waals surface area contributed by atoms with E-state index in [-0.39, 0.29) is 0 Å². The van der Waals surface area contributed by atoms with Crippen LogP contribution in [0.4, 0.5) is 0 Å². The van der Waals surface area contributed by atoms with E-state index in [1.807, 2.05) is 24.3 Å². The van der Waals surface area contributed by atoms with Gasteiger partial charge < -0.3 is 0 Å². The molecule has 3 radical (unpaired) electrons. The molecule has 0 fully saturated rings. The molecule has 0 N–H and O–H groups in total. The van der Waals surface area contributed by atoms with Crippen molar-refractivity contribution in [2.24, 2.45) is 0 Å². The van der Waals surface area contributed by atoms with Gasteiger partial charge in [0, 0.05) is 11.3 Å². The lowest BCUT2D eigenvalue weighted by atomic mass is 10.2. The molecule has 4 aromatic rings. The molecule has 3 heteroatoms. The van der Waals surface area contributed by atoms with Crippen molar-refractivity contribution < 1.29 is 0 Å². The Morgan fingerprint density at radius 3 is 2.18 bits per heavy atom. The summed E-state index contributed by atoms with van der Waals surface area (Å²) in [6.07, 6.45) is 0. The highest BCUT2D eigenvalue weighted by Crippen LogP contribution is 2.27. The van der Waals surface area contributed by atoms with Crippen LogP contribution in [0.1, 0.15) is 0 Å². The Hall–Kier alpha value is -2.65. The third-order valence-electron chi connectivity index (χ3n) is 3.72. The average Bonchev–Trinajstić information content (AvgIpc) is 2.96. The van der Waals surface area contributed by atoms with Gasteiger partial charge in [0.15, 0.2) is 0 Å². The van der Waals surface area contributed by atoms with Crippen molar-refractivity contribution in [2.75, 3.05) is 0 Å². The average molecular weight is 297 g/mol. The predicted octanol–water partition coefficient (Wildman–Crippen LogP) is 3.49. The second kappa shape index (κ2) is 5.28. The number of hydrogen-bond acceptors (Lipinski definition) is 1. The SMILES string of the molecule is [Si]c1ccc(-c2nc3ccccc3n2-c2ccccc2)cc1. The van der Waals surface area contributed by atoms with E-state index in [9.17, 15) is 0 Å². The number of hydrogen-bond donors (Lipinski definition) is 0. The molecular formula is C19H13N2Si. The van der Waals surface area contributed by atoms with Gasteiger partial charge >= 0.3 is 0 Å². The van der Waals surface area contributed by atoms with E-state index < -0.39 is 0 Å². The molecule has 0 amide bonds. The van der Waals surface area contributed by atoms with E-state index in [0.29, 0.717) is 0 Å². The molecule has 103 valence electrons. The zero-order valence-corrected chi connectivity index (χ0v) is 12.9. The molecular weight excluding hydrogens is 284 g/mol. The topological polar surface area (TPSA) is 17.8 Å². The smallest absolute Gasteiger partial charge is 0.145 e. The van der Waals surface area contributed by atoms with Gasteiger partial charge in [0.1, 0.15) is 5.82 Å². The maximum absolute atomic E-state index is 4.84. The molecule has 0 aliphatic heterocycles. The maximum atomic E-state index is 4.84. The summed E-state index contributed by atoms with van der Waals surface area (Å²) in [4.78, 5) is 4.84. The van der Waals surface area contributed by atoms with Crippen LogP contribution in [0, 0.1) is 0 Å². The summed E-state index contributed by atoms with van der Waals surface area (Å²) in [5, 5.41) is 1.06. The minimum Gasteiger partial charge on any atom is -0.292 e. The number of rotatable bonds is 2. The molecule has 0 unspecified atom stereocenters. The van der Waals surface area contributed by atoms with Gasteiger partial charge in [-0.25, -0.2) is 4.98 Å². The lowest BCUT2D eigenvalue weighted by Crippen LogP contribution is -2.01. The number of nitrogens with zero attached hydrogens (tertiary/aromatic N) is 2. The normalized spacial score (nSPS) is 11.0. The standard InChI is InChI=1S/C19H13N2Si/c22-16-12-10-14(11-13-16)19-20-17-8-4-5-9-18(17)21(19)15-6-2-1-3-7-15/h1-13H. The number of para-hydroxylation sites is 3. The van der Waals surface area contributed by atoms with Crippen molar-refractivity contribution in [1.82, 2.24) is 9.55 Å². The predicted molar refractivity (Wildman–Crippen MR) is 91.9 cm³/mol. The van der Waals surface area contributed by atoms with Gasteiger partial charge in [-0.05, 0) is 24.3 Å². The largest absolute Gasteiger partial charge is 0.292 e. The number of benzene rings is 3. The molecule has 22 heavy (non-hydrogen) atoms. The molecule has 0 spiro atoms. The van der Waals surface area contributed by atoms with Crippen LogP contribution in [0.3, 0.4) is 0 Å². The summed E-state index contributed by atoms with van der Waals surface area (Å²) in [6.45, 7) is 0. The van der Waals surface area contributed by atoms with Gasteiger partial charge in [0.2, 0.25) is 0 Å². The second-order valence-electron chi connectivity index (χ2n) is 5.17. The fraction of sp³-hybridized carbons (Fsp3) is 0. The first kappa shape index (κ1) is 13.0. The highest BCUT2D eigenvalue weighted by atomic mass is 28.1. The Balaban J connectivity index is 2.04. The van der Waals surface area contributed by atoms with Crippen LogP contribution in [0.2, 0.25) is 0 Å². The van der Waals surface area contributed by atoms with Crippen LogP contribution in [0.15, 0.2) is 78.9 Å². The van der Waals surface area contributed by atoms with E-state index in [1.54, 1.807) is 0 Å². The molecule has 0 saturated heterocycles. The molecule has 3 aromatic carbocycles. The number of fused-ring (bicyclic) bond motifs is 1. The Morgan fingerprint density at radius 1 is 0.727 bits per heavy atom. The summed E-state index contributed by atoms with van der Waals surface area (Å²) in [5.74, 6) is 0.957. The minimum atomic E-state index is 0.957. The van der Waals surface area contributed by atoms with Crippen LogP contribution in [-0.4, -0.2) is 19.8 Å². The van der Waals surface area contributed by atoms with E-state index in [4.69, 9.17) is 4.98 Å². The Bertz CT molecular complexity index is 925. The Labute approximate surface area is 132 Å². The Morgan fingerprint density at radius 2 is 1.41 bits per heavy atom. The summed E-state index contributed by atoms with van der Waals surface area (Å²) in [6, 6.07) is 26.8. The molecule has 0 bridgehead atoms. The lowest BCUT2D eigenvalue weighted by Gasteiger charge is -2.09. The molecule has 1 aromatic heterocycles. The van der Waals surface area contributed by atoms with Gasteiger partial charge in [-0.2, -0.15) is 0 Å². The highest BCUT2D eigenvalue weighted by Gasteiger charge is 2.13. The van der Waals surface area contributed by atoms with Gasteiger partial charge in [0.25, 0.3) is 0 Å². The quantitative estimate of drug-likeness (QED) is 0.518.